The molecule has 0 aliphatic rings. The second-order valence-electron chi connectivity index (χ2n) is 6.30. The number of nitrogens with one attached hydrogen (secondary N) is 1. The highest BCUT2D eigenvalue weighted by atomic mass is 32.2. The molecule has 4 aromatic rings. The van der Waals surface area contributed by atoms with E-state index < -0.39 is 25.5 Å². The van der Waals surface area contributed by atoms with Crippen LogP contribution in [0.3, 0.4) is 0 Å². The first-order valence-corrected chi connectivity index (χ1v) is 10.6. The van der Waals surface area contributed by atoms with Gasteiger partial charge in [0, 0.05) is 24.2 Å². The van der Waals surface area contributed by atoms with Crippen molar-refractivity contribution in [1.29, 1.82) is 0 Å². The lowest BCUT2D eigenvalue weighted by molar-refractivity contribution is -0.387. The van der Waals surface area contributed by atoms with E-state index in [-0.39, 0.29) is 19.0 Å². The van der Waals surface area contributed by atoms with Crippen LogP contribution >= 0.6 is 0 Å². The van der Waals surface area contributed by atoms with Crippen LogP contribution in [0.1, 0.15) is 0 Å². The molecule has 0 spiro atoms. The van der Waals surface area contributed by atoms with Gasteiger partial charge in [0.05, 0.1) is 4.92 Å². The van der Waals surface area contributed by atoms with Gasteiger partial charge in [0.1, 0.15) is 6.61 Å². The fraction of sp³-hybridized carbons (Fsp3) is 0.105. The second-order valence-corrected chi connectivity index (χ2v) is 8.04. The molecule has 2 aromatic carbocycles. The smallest absolute Gasteiger partial charge is 0.289 e. The molecular weight excluding hydrogens is 424 g/mol. The lowest BCUT2D eigenvalue weighted by Gasteiger charge is -2.08. The van der Waals surface area contributed by atoms with Crippen molar-refractivity contribution in [3.8, 4) is 17.3 Å². The molecular formula is C19H16N6O5S. The fourth-order valence-electron chi connectivity index (χ4n) is 2.86. The summed E-state index contributed by atoms with van der Waals surface area (Å²) in [5, 5.41) is 23.6. The Hall–Kier alpha value is -3.90. The molecule has 11 nitrogen and oxygen atoms in total. The first kappa shape index (κ1) is 20.4. The molecule has 0 unspecified atom stereocenters. The highest BCUT2D eigenvalue weighted by Gasteiger charge is 2.24. The summed E-state index contributed by atoms with van der Waals surface area (Å²) in [6.07, 6.45) is 0. The third-order valence-electron chi connectivity index (χ3n) is 4.27. The van der Waals surface area contributed by atoms with Crippen LogP contribution in [0.4, 0.5) is 5.69 Å². The van der Waals surface area contributed by atoms with E-state index in [9.17, 15) is 18.5 Å². The number of ether oxygens (including phenoxy) is 1. The molecule has 4 rings (SSSR count). The first-order valence-electron chi connectivity index (χ1n) is 9.09. The van der Waals surface area contributed by atoms with Crippen molar-refractivity contribution < 1.29 is 18.1 Å². The molecule has 0 radical (unpaired) electrons. The van der Waals surface area contributed by atoms with E-state index in [0.717, 1.165) is 11.6 Å². The van der Waals surface area contributed by atoms with E-state index in [1.807, 2.05) is 30.3 Å². The van der Waals surface area contributed by atoms with Gasteiger partial charge in [0.2, 0.25) is 15.9 Å². The lowest BCUT2D eigenvalue weighted by Crippen LogP contribution is -2.29. The van der Waals surface area contributed by atoms with Crippen molar-refractivity contribution in [2.24, 2.45) is 0 Å². The van der Waals surface area contributed by atoms with Crippen molar-refractivity contribution in [2.75, 3.05) is 13.2 Å². The number of fused-ring (bicyclic) bond motifs is 1. The monoisotopic (exact) mass is 440 g/mol. The maximum atomic E-state index is 12.4. The second kappa shape index (κ2) is 8.45. The number of sulfonamides is 1. The van der Waals surface area contributed by atoms with E-state index in [2.05, 4.69) is 20.0 Å². The minimum atomic E-state index is -4.08. The highest BCUT2D eigenvalue weighted by Crippen LogP contribution is 2.22. The highest BCUT2D eigenvalue weighted by molar-refractivity contribution is 7.89. The van der Waals surface area contributed by atoms with Crippen LogP contribution in [0.15, 0.2) is 71.6 Å². The molecule has 0 atom stereocenters. The Kier molecular flexibility index (Phi) is 5.56. The van der Waals surface area contributed by atoms with Gasteiger partial charge < -0.3 is 4.74 Å². The van der Waals surface area contributed by atoms with Gasteiger partial charge in [0.25, 0.3) is 5.69 Å². The molecule has 158 valence electrons. The van der Waals surface area contributed by atoms with Crippen LogP contribution in [0.2, 0.25) is 0 Å². The number of hydrogen-bond acceptors (Lipinski definition) is 8. The predicted octanol–water partition coefficient (Wildman–Crippen LogP) is 2.06. The third kappa shape index (κ3) is 4.34. The fourth-order valence-corrected chi connectivity index (χ4v) is 4.04. The molecule has 0 saturated heterocycles. The van der Waals surface area contributed by atoms with E-state index in [1.165, 1.54) is 22.7 Å². The molecule has 0 saturated carbocycles. The van der Waals surface area contributed by atoms with E-state index in [1.54, 1.807) is 12.1 Å². The molecule has 0 fully saturated rings. The van der Waals surface area contributed by atoms with Crippen molar-refractivity contribution in [3.05, 3.63) is 76.8 Å². The molecule has 2 aromatic heterocycles. The number of benzene rings is 2. The van der Waals surface area contributed by atoms with Gasteiger partial charge in [0.15, 0.2) is 16.4 Å². The summed E-state index contributed by atoms with van der Waals surface area (Å²) in [6, 6.07) is 17.8. The SMILES string of the molecule is O=[N+]([O-])c1ccccc1S(=O)(=O)NCCOc1ccc2nnc(-c3ccccc3)n2n1. The van der Waals surface area contributed by atoms with Gasteiger partial charge in [-0.3, -0.25) is 10.1 Å². The van der Waals surface area contributed by atoms with Crippen LogP contribution in [0.25, 0.3) is 17.0 Å². The summed E-state index contributed by atoms with van der Waals surface area (Å²) < 4.78 is 34.2. The van der Waals surface area contributed by atoms with Crippen molar-refractivity contribution >= 4 is 21.4 Å². The number of aromatic nitrogens is 4. The van der Waals surface area contributed by atoms with Crippen LogP contribution in [0.5, 0.6) is 5.88 Å². The molecule has 31 heavy (non-hydrogen) atoms. The zero-order chi connectivity index (χ0) is 21.8. The lowest BCUT2D eigenvalue weighted by atomic mass is 10.2. The number of nitrogens with zero attached hydrogens (tertiary/aromatic N) is 5. The summed E-state index contributed by atoms with van der Waals surface area (Å²) in [7, 11) is -4.08. The van der Waals surface area contributed by atoms with Gasteiger partial charge in [-0.05, 0) is 12.1 Å². The summed E-state index contributed by atoms with van der Waals surface area (Å²) in [5.41, 5.74) is 0.865. The topological polar surface area (TPSA) is 142 Å². The van der Waals surface area contributed by atoms with Crippen molar-refractivity contribution in [1.82, 2.24) is 24.5 Å². The van der Waals surface area contributed by atoms with Crippen LogP contribution in [-0.4, -0.2) is 46.3 Å². The average molecular weight is 440 g/mol. The Morgan fingerprint density at radius 2 is 1.74 bits per heavy atom. The Balaban J connectivity index is 1.44. The van der Waals surface area contributed by atoms with Crippen LogP contribution in [0, 0.1) is 10.1 Å². The Morgan fingerprint density at radius 1 is 1.00 bits per heavy atom. The Bertz CT molecular complexity index is 1340. The predicted molar refractivity (Wildman–Crippen MR) is 110 cm³/mol. The average Bonchev–Trinajstić information content (AvgIpc) is 3.20. The molecule has 0 aliphatic heterocycles. The van der Waals surface area contributed by atoms with Gasteiger partial charge in [-0.2, -0.15) is 4.52 Å². The van der Waals surface area contributed by atoms with E-state index in [0.29, 0.717) is 11.5 Å². The number of hydrogen-bond donors (Lipinski definition) is 1. The number of nitro benzene ring substituents is 1. The van der Waals surface area contributed by atoms with Gasteiger partial charge >= 0.3 is 0 Å². The maximum absolute atomic E-state index is 12.4. The summed E-state index contributed by atoms with van der Waals surface area (Å²) in [5.74, 6) is 0.785. The quantitative estimate of drug-likeness (QED) is 0.249. The minimum absolute atomic E-state index is 0.0405. The standard InChI is InChI=1S/C19H16N6O5S/c26-25(27)15-8-4-5-9-16(15)31(28,29)20-12-13-30-18-11-10-17-21-22-19(24(17)23-18)14-6-2-1-3-7-14/h1-11,20H,12-13H2. The number of nitro groups is 1. The van der Waals surface area contributed by atoms with Gasteiger partial charge in [-0.1, -0.05) is 42.5 Å². The summed E-state index contributed by atoms with van der Waals surface area (Å²) in [4.78, 5) is 9.92. The summed E-state index contributed by atoms with van der Waals surface area (Å²) in [6.45, 7) is -0.150. The van der Waals surface area contributed by atoms with Gasteiger partial charge in [-0.25, -0.2) is 13.1 Å². The van der Waals surface area contributed by atoms with Crippen molar-refractivity contribution in [2.45, 2.75) is 4.90 Å². The molecule has 0 amide bonds. The minimum Gasteiger partial charge on any atom is -0.475 e. The number of rotatable bonds is 8. The maximum Gasteiger partial charge on any atom is 0.289 e. The zero-order valence-corrected chi connectivity index (χ0v) is 16.8. The zero-order valence-electron chi connectivity index (χ0n) is 16.0. The van der Waals surface area contributed by atoms with Gasteiger partial charge in [-0.15, -0.1) is 15.3 Å². The molecule has 0 aliphatic carbocycles. The normalized spacial score (nSPS) is 11.5. The first-order chi connectivity index (χ1) is 15.0. The molecule has 2 heterocycles. The Labute approximate surface area is 176 Å². The van der Waals surface area contributed by atoms with Crippen LogP contribution in [-0.2, 0) is 10.0 Å². The molecule has 12 heteroatoms. The summed E-state index contributed by atoms with van der Waals surface area (Å²) >= 11 is 0. The third-order valence-corrected chi connectivity index (χ3v) is 5.77. The Morgan fingerprint density at radius 3 is 2.52 bits per heavy atom. The number of para-hydroxylation sites is 1. The van der Waals surface area contributed by atoms with Crippen molar-refractivity contribution in [3.63, 3.8) is 0 Å². The van der Waals surface area contributed by atoms with E-state index in [4.69, 9.17) is 4.74 Å². The largest absolute Gasteiger partial charge is 0.475 e. The molecule has 0 bridgehead atoms. The van der Waals surface area contributed by atoms with Crippen LogP contribution < -0.4 is 9.46 Å². The van der Waals surface area contributed by atoms with E-state index >= 15 is 0 Å². The molecule has 1 N–H and O–H groups in total.